The predicted molar refractivity (Wildman–Crippen MR) is 114 cm³/mol. The first-order valence-corrected chi connectivity index (χ1v) is 12.1. The lowest BCUT2D eigenvalue weighted by molar-refractivity contribution is -0.124. The van der Waals surface area contributed by atoms with E-state index in [9.17, 15) is 18.3 Å². The van der Waals surface area contributed by atoms with Crippen LogP contribution < -0.4 is 10.1 Å². The molecule has 2 fully saturated rings. The van der Waals surface area contributed by atoms with Crippen LogP contribution in [0.1, 0.15) is 39.5 Å². The number of likely N-dealkylation sites (tertiary alicyclic amines) is 1. The number of nitrogens with zero attached hydrogens (tertiary/aromatic N) is 2. The fraction of sp³-hybridized carbons (Fsp3) is 0.667. The number of benzene rings is 1. The number of piperidine rings is 1. The van der Waals surface area contributed by atoms with Crippen LogP contribution in [-0.2, 0) is 14.8 Å². The molecular weight excluding hydrogens is 406 g/mol. The minimum atomic E-state index is -3.91. The summed E-state index contributed by atoms with van der Waals surface area (Å²) in [6.07, 6.45) is 2.77. The van der Waals surface area contributed by atoms with Gasteiger partial charge in [-0.2, -0.15) is 4.31 Å². The molecule has 0 radical (unpaired) electrons. The Hall–Kier alpha value is -1.68. The Morgan fingerprint density at radius 2 is 2.00 bits per heavy atom. The van der Waals surface area contributed by atoms with E-state index in [2.05, 4.69) is 24.1 Å². The zero-order valence-electron chi connectivity index (χ0n) is 18.0. The van der Waals surface area contributed by atoms with Crippen molar-refractivity contribution in [1.82, 2.24) is 14.5 Å². The standard InChI is InChI=1S/C21H33N3O5S/c1-15-6-4-5-11-23(15)16(2)13-22-21(26)20-12-17(25)14-24(20)30(27,28)19-9-7-18(29-3)8-10-19/h7-10,15-17,20,25H,4-6,11-14H2,1-3H3,(H,22,26)/t15-,16-,17-,20+/m1/s1. The normalized spacial score (nSPS) is 27.0. The minimum Gasteiger partial charge on any atom is -0.497 e. The maximum absolute atomic E-state index is 13.1. The van der Waals surface area contributed by atoms with Crippen LogP contribution in [0.15, 0.2) is 29.2 Å². The molecule has 2 N–H and O–H groups in total. The summed E-state index contributed by atoms with van der Waals surface area (Å²) >= 11 is 0. The quantitative estimate of drug-likeness (QED) is 0.662. The lowest BCUT2D eigenvalue weighted by Crippen LogP contribution is -2.51. The SMILES string of the molecule is COc1ccc(S(=O)(=O)N2C[C@H](O)C[C@H]2C(=O)NC[C@@H](C)N2CCCC[C@H]2C)cc1. The van der Waals surface area contributed by atoms with Crippen molar-refractivity contribution in [2.45, 2.75) is 68.7 Å². The third-order valence-electron chi connectivity index (χ3n) is 6.19. The van der Waals surface area contributed by atoms with Crippen molar-refractivity contribution in [3.05, 3.63) is 24.3 Å². The van der Waals surface area contributed by atoms with Crippen LogP contribution in [-0.4, -0.2) is 79.6 Å². The second kappa shape index (κ2) is 9.64. The Kier molecular flexibility index (Phi) is 7.38. The van der Waals surface area contributed by atoms with Crippen molar-refractivity contribution in [2.75, 3.05) is 26.7 Å². The van der Waals surface area contributed by atoms with Crippen LogP contribution in [0.3, 0.4) is 0 Å². The lowest BCUT2D eigenvalue weighted by Gasteiger charge is -2.38. The average Bonchev–Trinajstić information content (AvgIpc) is 3.15. The summed E-state index contributed by atoms with van der Waals surface area (Å²) in [5.41, 5.74) is 0. The first kappa shape index (κ1) is 23.0. The molecule has 1 aromatic rings. The van der Waals surface area contributed by atoms with E-state index in [1.165, 1.54) is 25.7 Å². The molecule has 4 atom stereocenters. The van der Waals surface area contributed by atoms with E-state index in [0.29, 0.717) is 18.3 Å². The topological polar surface area (TPSA) is 99.2 Å². The van der Waals surface area contributed by atoms with Crippen molar-refractivity contribution >= 4 is 15.9 Å². The maximum atomic E-state index is 13.1. The van der Waals surface area contributed by atoms with E-state index in [1.807, 2.05) is 0 Å². The van der Waals surface area contributed by atoms with Crippen LogP contribution in [0.25, 0.3) is 0 Å². The predicted octanol–water partition coefficient (Wildman–Crippen LogP) is 1.20. The number of aliphatic hydroxyl groups is 1. The fourth-order valence-corrected chi connectivity index (χ4v) is 6.07. The monoisotopic (exact) mass is 439 g/mol. The largest absolute Gasteiger partial charge is 0.497 e. The van der Waals surface area contributed by atoms with Gasteiger partial charge in [0.25, 0.3) is 0 Å². The highest BCUT2D eigenvalue weighted by Gasteiger charge is 2.43. The summed E-state index contributed by atoms with van der Waals surface area (Å²) in [5.74, 6) is 0.186. The molecule has 8 nitrogen and oxygen atoms in total. The van der Waals surface area contributed by atoms with Crippen LogP contribution >= 0.6 is 0 Å². The van der Waals surface area contributed by atoms with E-state index in [-0.39, 0.29) is 29.8 Å². The van der Waals surface area contributed by atoms with Gasteiger partial charge >= 0.3 is 0 Å². The molecule has 0 bridgehead atoms. The Bertz CT molecular complexity index is 830. The van der Waals surface area contributed by atoms with Crippen LogP contribution in [0.4, 0.5) is 0 Å². The molecule has 168 valence electrons. The highest BCUT2D eigenvalue weighted by atomic mass is 32.2. The molecule has 0 aromatic heterocycles. The molecule has 0 saturated carbocycles. The number of methoxy groups -OCH3 is 1. The average molecular weight is 440 g/mol. The molecule has 0 spiro atoms. The van der Waals surface area contributed by atoms with Gasteiger partial charge < -0.3 is 15.2 Å². The second-order valence-corrected chi connectivity index (χ2v) is 10.2. The number of ether oxygens (including phenoxy) is 1. The molecular formula is C21H33N3O5S. The lowest BCUT2D eigenvalue weighted by atomic mass is 10.0. The number of carbonyl (C=O) groups excluding carboxylic acids is 1. The van der Waals surface area contributed by atoms with E-state index in [1.54, 1.807) is 12.1 Å². The molecule has 0 unspecified atom stereocenters. The number of hydrogen-bond donors (Lipinski definition) is 2. The fourth-order valence-electron chi connectivity index (χ4n) is 4.43. The van der Waals surface area contributed by atoms with Gasteiger partial charge in [-0.15, -0.1) is 0 Å². The third-order valence-corrected chi connectivity index (χ3v) is 8.08. The Labute approximate surface area is 179 Å². The second-order valence-electron chi connectivity index (χ2n) is 8.33. The van der Waals surface area contributed by atoms with Gasteiger partial charge in [0, 0.05) is 31.6 Å². The molecule has 2 aliphatic rings. The minimum absolute atomic E-state index is 0.0747. The van der Waals surface area contributed by atoms with Crippen LogP contribution in [0, 0.1) is 0 Å². The summed E-state index contributed by atoms with van der Waals surface area (Å²) in [7, 11) is -2.41. The Morgan fingerprint density at radius 1 is 1.30 bits per heavy atom. The summed E-state index contributed by atoms with van der Waals surface area (Å²) < 4.78 is 32.4. The molecule has 1 amide bonds. The maximum Gasteiger partial charge on any atom is 0.243 e. The van der Waals surface area contributed by atoms with Gasteiger partial charge in [-0.05, 0) is 57.5 Å². The highest BCUT2D eigenvalue weighted by molar-refractivity contribution is 7.89. The Balaban J connectivity index is 1.68. The molecule has 0 aliphatic carbocycles. The molecule has 2 aliphatic heterocycles. The molecule has 3 rings (SSSR count). The van der Waals surface area contributed by atoms with E-state index < -0.39 is 22.2 Å². The number of hydrogen-bond acceptors (Lipinski definition) is 6. The smallest absolute Gasteiger partial charge is 0.243 e. The highest BCUT2D eigenvalue weighted by Crippen LogP contribution is 2.28. The third kappa shape index (κ3) is 4.96. The van der Waals surface area contributed by atoms with Crippen molar-refractivity contribution in [3.63, 3.8) is 0 Å². The molecule has 1 aromatic carbocycles. The number of β-amino-alcohol motifs (C(OH)–C–C–N with tert-alkyl or cyclic N) is 1. The molecule has 9 heteroatoms. The van der Waals surface area contributed by atoms with Gasteiger partial charge in [-0.3, -0.25) is 9.69 Å². The van der Waals surface area contributed by atoms with Crippen molar-refractivity contribution in [3.8, 4) is 5.75 Å². The number of sulfonamides is 1. The van der Waals surface area contributed by atoms with E-state index >= 15 is 0 Å². The van der Waals surface area contributed by atoms with Gasteiger partial charge in [0.05, 0.1) is 18.1 Å². The van der Waals surface area contributed by atoms with Crippen LogP contribution in [0.5, 0.6) is 5.75 Å². The van der Waals surface area contributed by atoms with E-state index in [4.69, 9.17) is 4.74 Å². The summed E-state index contributed by atoms with van der Waals surface area (Å²) in [6, 6.07) is 5.76. The summed E-state index contributed by atoms with van der Waals surface area (Å²) in [5, 5.41) is 13.0. The first-order chi connectivity index (χ1) is 14.2. The number of rotatable bonds is 7. The zero-order valence-corrected chi connectivity index (χ0v) is 18.8. The number of carbonyl (C=O) groups is 1. The Morgan fingerprint density at radius 3 is 2.63 bits per heavy atom. The number of aliphatic hydroxyl groups excluding tert-OH is 1. The molecule has 2 saturated heterocycles. The number of nitrogens with one attached hydrogen (secondary N) is 1. The summed E-state index contributed by atoms with van der Waals surface area (Å²) in [6.45, 7) is 5.65. The van der Waals surface area contributed by atoms with E-state index in [0.717, 1.165) is 23.7 Å². The van der Waals surface area contributed by atoms with Crippen molar-refractivity contribution in [2.24, 2.45) is 0 Å². The van der Waals surface area contributed by atoms with Crippen LogP contribution in [0.2, 0.25) is 0 Å². The van der Waals surface area contributed by atoms with Gasteiger partial charge in [0.15, 0.2) is 0 Å². The van der Waals surface area contributed by atoms with Crippen molar-refractivity contribution in [1.29, 1.82) is 0 Å². The van der Waals surface area contributed by atoms with Gasteiger partial charge in [-0.1, -0.05) is 6.42 Å². The number of amides is 1. The van der Waals surface area contributed by atoms with Crippen molar-refractivity contribution < 1.29 is 23.1 Å². The first-order valence-electron chi connectivity index (χ1n) is 10.6. The molecule has 30 heavy (non-hydrogen) atoms. The zero-order chi connectivity index (χ0) is 21.9. The van der Waals surface area contributed by atoms with Gasteiger partial charge in [0.2, 0.25) is 15.9 Å². The van der Waals surface area contributed by atoms with Gasteiger partial charge in [0.1, 0.15) is 11.8 Å². The van der Waals surface area contributed by atoms with Gasteiger partial charge in [-0.25, -0.2) is 8.42 Å². The summed E-state index contributed by atoms with van der Waals surface area (Å²) in [4.78, 5) is 15.3. The molecule has 2 heterocycles.